The molecule has 0 spiro atoms. The van der Waals surface area contributed by atoms with Crippen LogP contribution in [-0.2, 0) is 6.18 Å². The Morgan fingerprint density at radius 3 is 2.44 bits per heavy atom. The molecule has 0 N–H and O–H groups in total. The van der Waals surface area contributed by atoms with Crippen LogP contribution in [0.5, 0.6) is 0 Å². The quantitative estimate of drug-likeness (QED) is 0.758. The van der Waals surface area contributed by atoms with E-state index in [0.29, 0.717) is 6.29 Å². The zero-order valence-corrected chi connectivity index (χ0v) is 9.55. The molecule has 0 unspecified atom stereocenters. The molecule has 2 nitrogen and oxygen atoms in total. The van der Waals surface area contributed by atoms with Crippen LogP contribution in [0.15, 0.2) is 34.7 Å². The first kappa shape index (κ1) is 12.7. The summed E-state index contributed by atoms with van der Waals surface area (Å²) in [4.78, 5) is 10.5. The van der Waals surface area contributed by atoms with Crippen LogP contribution in [0.4, 0.5) is 13.2 Å². The van der Waals surface area contributed by atoms with E-state index in [-0.39, 0.29) is 17.1 Å². The summed E-state index contributed by atoms with van der Waals surface area (Å²) in [5.74, 6) is -0.0926. The van der Waals surface area contributed by atoms with Crippen molar-refractivity contribution in [3.63, 3.8) is 0 Å². The largest absolute Gasteiger partial charge is 0.453 e. The molecular weight excluding hydrogens is 269 g/mol. The summed E-state index contributed by atoms with van der Waals surface area (Å²) in [5, 5.41) is -0.413. The van der Waals surface area contributed by atoms with E-state index in [0.717, 1.165) is 6.07 Å². The predicted octanol–water partition coefficient (Wildman–Crippen LogP) is 4.43. The Morgan fingerprint density at radius 1 is 1.17 bits per heavy atom. The number of carbonyl (C=O) groups excluding carboxylic acids is 1. The molecule has 2 aromatic rings. The van der Waals surface area contributed by atoms with E-state index < -0.39 is 16.8 Å². The van der Waals surface area contributed by atoms with E-state index in [1.54, 1.807) is 0 Å². The first-order chi connectivity index (χ1) is 8.43. The molecule has 0 radical (unpaired) electrons. The third kappa shape index (κ3) is 2.26. The standard InChI is InChI=1S/C12H6ClF3O2/c13-9-3-1-2-8(11(9)12(14,15)16)10-5-4-7(6-17)18-10/h1-6H. The first-order valence-corrected chi connectivity index (χ1v) is 5.22. The molecule has 0 bridgehead atoms. The fourth-order valence-corrected chi connectivity index (χ4v) is 1.86. The van der Waals surface area contributed by atoms with Crippen LogP contribution in [0.2, 0.25) is 5.02 Å². The van der Waals surface area contributed by atoms with Crippen molar-refractivity contribution in [2.45, 2.75) is 6.18 Å². The minimum Gasteiger partial charge on any atom is -0.453 e. The molecule has 0 saturated carbocycles. The highest BCUT2D eigenvalue weighted by molar-refractivity contribution is 6.31. The van der Waals surface area contributed by atoms with Crippen LogP contribution in [0.1, 0.15) is 16.1 Å². The van der Waals surface area contributed by atoms with Gasteiger partial charge < -0.3 is 4.42 Å². The van der Waals surface area contributed by atoms with E-state index in [1.807, 2.05) is 0 Å². The van der Waals surface area contributed by atoms with Crippen LogP contribution >= 0.6 is 11.6 Å². The highest BCUT2D eigenvalue weighted by Gasteiger charge is 2.36. The molecule has 0 aliphatic heterocycles. The molecule has 1 aromatic carbocycles. The summed E-state index contributed by atoms with van der Waals surface area (Å²) in [6.45, 7) is 0. The normalized spacial score (nSPS) is 11.6. The first-order valence-electron chi connectivity index (χ1n) is 4.84. The maximum absolute atomic E-state index is 12.9. The highest BCUT2D eigenvalue weighted by atomic mass is 35.5. The summed E-state index contributed by atoms with van der Waals surface area (Å²) >= 11 is 5.57. The second-order valence-electron chi connectivity index (χ2n) is 3.48. The van der Waals surface area contributed by atoms with E-state index in [1.165, 1.54) is 24.3 Å². The summed E-state index contributed by atoms with van der Waals surface area (Å²) in [6.07, 6.45) is -4.18. The maximum atomic E-state index is 12.9. The number of halogens is 4. The Labute approximate surface area is 105 Å². The Kier molecular flexibility index (Phi) is 3.17. The zero-order chi connectivity index (χ0) is 13.3. The van der Waals surface area contributed by atoms with Crippen molar-refractivity contribution in [3.05, 3.63) is 46.7 Å². The SMILES string of the molecule is O=Cc1ccc(-c2cccc(Cl)c2C(F)(F)F)o1. The average Bonchev–Trinajstić information content (AvgIpc) is 2.75. The Morgan fingerprint density at radius 2 is 1.89 bits per heavy atom. The van der Waals surface area contributed by atoms with E-state index in [2.05, 4.69) is 0 Å². The molecule has 94 valence electrons. The van der Waals surface area contributed by atoms with E-state index in [4.69, 9.17) is 16.0 Å². The molecule has 18 heavy (non-hydrogen) atoms. The van der Waals surface area contributed by atoms with Crippen molar-refractivity contribution in [1.29, 1.82) is 0 Å². The number of hydrogen-bond donors (Lipinski definition) is 0. The maximum Gasteiger partial charge on any atom is 0.418 e. The smallest absolute Gasteiger partial charge is 0.418 e. The van der Waals surface area contributed by atoms with Gasteiger partial charge in [-0.15, -0.1) is 0 Å². The lowest BCUT2D eigenvalue weighted by atomic mass is 10.0. The topological polar surface area (TPSA) is 30.2 Å². The van der Waals surface area contributed by atoms with Crippen LogP contribution in [0.3, 0.4) is 0 Å². The third-order valence-electron chi connectivity index (χ3n) is 2.31. The summed E-state index contributed by atoms with van der Waals surface area (Å²) < 4.78 is 43.6. The van der Waals surface area contributed by atoms with E-state index in [9.17, 15) is 18.0 Å². The summed E-state index contributed by atoms with van der Waals surface area (Å²) in [5.41, 5.74) is -1.17. The number of rotatable bonds is 2. The fourth-order valence-electron chi connectivity index (χ4n) is 1.58. The summed E-state index contributed by atoms with van der Waals surface area (Å²) in [6, 6.07) is 6.36. The van der Waals surface area contributed by atoms with Gasteiger partial charge >= 0.3 is 6.18 Å². The Hall–Kier alpha value is -1.75. The number of furan rings is 1. The van der Waals surface area contributed by atoms with Crippen molar-refractivity contribution < 1.29 is 22.4 Å². The van der Waals surface area contributed by atoms with Gasteiger partial charge in [-0.05, 0) is 18.2 Å². The molecular formula is C12H6ClF3O2. The van der Waals surface area contributed by atoms with Gasteiger partial charge in [0.2, 0.25) is 0 Å². The summed E-state index contributed by atoms with van der Waals surface area (Å²) in [7, 11) is 0. The lowest BCUT2D eigenvalue weighted by Gasteiger charge is -2.12. The monoisotopic (exact) mass is 274 g/mol. The lowest BCUT2D eigenvalue weighted by Crippen LogP contribution is -2.07. The highest BCUT2D eigenvalue weighted by Crippen LogP contribution is 2.41. The van der Waals surface area contributed by atoms with Gasteiger partial charge in [0.1, 0.15) is 5.76 Å². The molecule has 0 saturated heterocycles. The van der Waals surface area contributed by atoms with Gasteiger partial charge in [-0.2, -0.15) is 13.2 Å². The van der Waals surface area contributed by atoms with Gasteiger partial charge in [-0.1, -0.05) is 23.7 Å². The van der Waals surface area contributed by atoms with Gasteiger partial charge in [0, 0.05) is 5.56 Å². The van der Waals surface area contributed by atoms with Crippen LogP contribution in [-0.4, -0.2) is 6.29 Å². The Bertz CT molecular complexity index is 587. The van der Waals surface area contributed by atoms with Crippen molar-refractivity contribution in [2.24, 2.45) is 0 Å². The Balaban J connectivity index is 2.64. The van der Waals surface area contributed by atoms with Crippen molar-refractivity contribution in [2.75, 3.05) is 0 Å². The minimum absolute atomic E-state index is 0.0434. The molecule has 0 aliphatic rings. The zero-order valence-electron chi connectivity index (χ0n) is 8.79. The lowest BCUT2D eigenvalue weighted by molar-refractivity contribution is -0.137. The molecule has 0 aliphatic carbocycles. The minimum atomic E-state index is -4.60. The number of aldehydes is 1. The third-order valence-corrected chi connectivity index (χ3v) is 2.62. The van der Waals surface area contributed by atoms with Crippen LogP contribution in [0.25, 0.3) is 11.3 Å². The molecule has 2 rings (SSSR count). The van der Waals surface area contributed by atoms with Crippen LogP contribution < -0.4 is 0 Å². The molecule has 1 aromatic heterocycles. The van der Waals surface area contributed by atoms with Gasteiger partial charge in [0.15, 0.2) is 12.0 Å². The van der Waals surface area contributed by atoms with Gasteiger partial charge in [0.25, 0.3) is 0 Å². The van der Waals surface area contributed by atoms with E-state index >= 15 is 0 Å². The number of alkyl halides is 3. The number of benzene rings is 1. The van der Waals surface area contributed by atoms with Crippen molar-refractivity contribution in [3.8, 4) is 11.3 Å². The van der Waals surface area contributed by atoms with Crippen LogP contribution in [0, 0.1) is 0 Å². The predicted molar refractivity (Wildman–Crippen MR) is 59.5 cm³/mol. The van der Waals surface area contributed by atoms with Gasteiger partial charge in [-0.25, -0.2) is 0 Å². The molecule has 6 heteroatoms. The number of hydrogen-bond acceptors (Lipinski definition) is 2. The average molecular weight is 275 g/mol. The second kappa shape index (κ2) is 4.49. The van der Waals surface area contributed by atoms with Crippen molar-refractivity contribution in [1.82, 2.24) is 0 Å². The molecule has 0 atom stereocenters. The van der Waals surface area contributed by atoms with Gasteiger partial charge in [-0.3, -0.25) is 4.79 Å². The second-order valence-corrected chi connectivity index (χ2v) is 3.89. The molecule has 0 fully saturated rings. The number of carbonyl (C=O) groups is 1. The van der Waals surface area contributed by atoms with Crippen molar-refractivity contribution >= 4 is 17.9 Å². The van der Waals surface area contributed by atoms with Gasteiger partial charge in [0.05, 0.1) is 10.6 Å². The molecule has 1 heterocycles. The fraction of sp³-hybridized carbons (Fsp3) is 0.0833. The molecule has 0 amide bonds.